The fraction of sp³-hybridized carbons (Fsp3) is 0.0714. The molecule has 0 bridgehead atoms. The molecule has 0 aliphatic carbocycles. The molecule has 2 N–H and O–H groups in total. The van der Waals surface area contributed by atoms with E-state index in [-0.39, 0.29) is 5.82 Å². The lowest BCUT2D eigenvalue weighted by atomic mass is 10.2. The highest BCUT2D eigenvalue weighted by atomic mass is 19.1. The first-order valence-corrected chi connectivity index (χ1v) is 5.32. The molecule has 2 aromatic carbocycles. The molecule has 0 aliphatic heterocycles. The zero-order chi connectivity index (χ0) is 12.3. The van der Waals surface area contributed by atoms with Gasteiger partial charge in [-0.1, -0.05) is 30.3 Å². The second-order valence-corrected chi connectivity index (χ2v) is 3.79. The second-order valence-electron chi connectivity index (χ2n) is 3.79. The second kappa shape index (κ2) is 4.78. The third-order valence-corrected chi connectivity index (χ3v) is 2.47. The molecule has 2 rings (SSSR count). The summed E-state index contributed by atoms with van der Waals surface area (Å²) in [6, 6.07) is 13.9. The molecule has 0 atom stereocenters. The smallest absolute Gasteiger partial charge is 0.131 e. The summed E-state index contributed by atoms with van der Waals surface area (Å²) in [5.41, 5.74) is 8.20. The van der Waals surface area contributed by atoms with Crippen molar-refractivity contribution < 1.29 is 4.39 Å². The van der Waals surface area contributed by atoms with E-state index in [0.29, 0.717) is 11.5 Å². The summed E-state index contributed by atoms with van der Waals surface area (Å²) in [5, 5.41) is 0. The maximum atomic E-state index is 12.9. The van der Waals surface area contributed by atoms with Crippen LogP contribution in [0.25, 0.3) is 0 Å². The molecular formula is C14H13FN2. The predicted molar refractivity (Wildman–Crippen MR) is 68.0 cm³/mol. The minimum absolute atomic E-state index is 0.264. The maximum Gasteiger partial charge on any atom is 0.131 e. The van der Waals surface area contributed by atoms with Crippen LogP contribution in [0.1, 0.15) is 11.1 Å². The molecule has 3 heteroatoms. The lowest BCUT2D eigenvalue weighted by Crippen LogP contribution is -2.12. The maximum absolute atomic E-state index is 12.9. The van der Waals surface area contributed by atoms with Gasteiger partial charge >= 0.3 is 0 Å². The zero-order valence-corrected chi connectivity index (χ0v) is 9.52. The van der Waals surface area contributed by atoms with Crippen LogP contribution < -0.4 is 5.73 Å². The van der Waals surface area contributed by atoms with Crippen molar-refractivity contribution in [3.8, 4) is 0 Å². The highest BCUT2D eigenvalue weighted by Crippen LogP contribution is 2.19. The first-order valence-electron chi connectivity index (χ1n) is 5.32. The van der Waals surface area contributed by atoms with Gasteiger partial charge in [-0.2, -0.15) is 0 Å². The van der Waals surface area contributed by atoms with Gasteiger partial charge in [0.25, 0.3) is 0 Å². The number of hydrogen-bond acceptors (Lipinski definition) is 1. The van der Waals surface area contributed by atoms with E-state index in [9.17, 15) is 4.39 Å². The lowest BCUT2D eigenvalue weighted by molar-refractivity contribution is 0.627. The van der Waals surface area contributed by atoms with Gasteiger partial charge < -0.3 is 5.73 Å². The molecule has 86 valence electrons. The number of nitrogens with zero attached hydrogens (tertiary/aromatic N) is 1. The van der Waals surface area contributed by atoms with Crippen molar-refractivity contribution in [2.24, 2.45) is 10.7 Å². The number of hydrogen-bond donors (Lipinski definition) is 1. The van der Waals surface area contributed by atoms with E-state index in [2.05, 4.69) is 4.99 Å². The Hall–Kier alpha value is -2.16. The van der Waals surface area contributed by atoms with E-state index in [1.165, 1.54) is 12.1 Å². The molecule has 0 heterocycles. The van der Waals surface area contributed by atoms with Crippen LogP contribution in [-0.4, -0.2) is 5.84 Å². The predicted octanol–water partition coefficient (Wildman–Crippen LogP) is 3.17. The van der Waals surface area contributed by atoms with Gasteiger partial charge in [-0.25, -0.2) is 9.38 Å². The van der Waals surface area contributed by atoms with E-state index in [4.69, 9.17) is 5.73 Å². The van der Waals surface area contributed by atoms with Crippen molar-refractivity contribution in [3.63, 3.8) is 0 Å². The molecule has 0 aliphatic rings. The lowest BCUT2D eigenvalue weighted by Gasteiger charge is -2.03. The molecule has 0 fully saturated rings. The van der Waals surface area contributed by atoms with E-state index in [0.717, 1.165) is 11.1 Å². The molecule has 0 saturated carbocycles. The first kappa shape index (κ1) is 11.3. The fourth-order valence-corrected chi connectivity index (χ4v) is 1.55. The quantitative estimate of drug-likeness (QED) is 0.622. The fourth-order valence-electron chi connectivity index (χ4n) is 1.55. The Morgan fingerprint density at radius 1 is 1.12 bits per heavy atom. The van der Waals surface area contributed by atoms with Crippen LogP contribution >= 0.6 is 0 Å². The summed E-state index contributed by atoms with van der Waals surface area (Å²) >= 11 is 0. The third-order valence-electron chi connectivity index (χ3n) is 2.47. The first-order chi connectivity index (χ1) is 8.16. The number of rotatable bonds is 2. The minimum Gasteiger partial charge on any atom is -0.383 e. The molecular weight excluding hydrogens is 215 g/mol. The Bertz CT molecular complexity index is 547. The van der Waals surface area contributed by atoms with Crippen LogP contribution in [0.15, 0.2) is 53.5 Å². The number of benzene rings is 2. The minimum atomic E-state index is -0.264. The number of aryl methyl sites for hydroxylation is 1. The average molecular weight is 228 g/mol. The molecule has 2 nitrogen and oxygen atoms in total. The molecule has 0 saturated heterocycles. The van der Waals surface area contributed by atoms with Gasteiger partial charge in [0, 0.05) is 5.56 Å². The molecule has 0 spiro atoms. The van der Waals surface area contributed by atoms with Crippen molar-refractivity contribution in [2.75, 3.05) is 0 Å². The van der Waals surface area contributed by atoms with Crippen LogP contribution in [0.3, 0.4) is 0 Å². The highest BCUT2D eigenvalue weighted by molar-refractivity contribution is 5.99. The molecule has 17 heavy (non-hydrogen) atoms. The summed E-state index contributed by atoms with van der Waals surface area (Å²) in [4.78, 5) is 4.30. The zero-order valence-electron chi connectivity index (χ0n) is 9.52. The normalized spacial score (nSPS) is 11.5. The van der Waals surface area contributed by atoms with Crippen LogP contribution in [0.2, 0.25) is 0 Å². The Balaban J connectivity index is 2.36. The monoisotopic (exact) mass is 228 g/mol. The van der Waals surface area contributed by atoms with Gasteiger partial charge in [-0.3, -0.25) is 0 Å². The van der Waals surface area contributed by atoms with Crippen molar-refractivity contribution in [2.45, 2.75) is 6.92 Å². The molecule has 0 aromatic heterocycles. The Morgan fingerprint density at radius 3 is 2.47 bits per heavy atom. The summed E-state index contributed by atoms with van der Waals surface area (Å²) in [5.74, 6) is 0.167. The summed E-state index contributed by atoms with van der Waals surface area (Å²) in [7, 11) is 0. The van der Waals surface area contributed by atoms with Crippen molar-refractivity contribution in [3.05, 3.63) is 65.5 Å². The number of nitrogens with two attached hydrogens (primary N) is 1. The third kappa shape index (κ3) is 2.69. The Morgan fingerprint density at radius 2 is 1.82 bits per heavy atom. The van der Waals surface area contributed by atoms with Gasteiger partial charge in [0.15, 0.2) is 0 Å². The van der Waals surface area contributed by atoms with E-state index < -0.39 is 0 Å². The number of halogens is 1. The van der Waals surface area contributed by atoms with Crippen LogP contribution in [0, 0.1) is 12.7 Å². The summed E-state index contributed by atoms with van der Waals surface area (Å²) in [6.07, 6.45) is 0. The topological polar surface area (TPSA) is 38.4 Å². The molecule has 0 unspecified atom stereocenters. The van der Waals surface area contributed by atoms with Gasteiger partial charge in [0.2, 0.25) is 0 Å². The van der Waals surface area contributed by atoms with Crippen LogP contribution in [0.5, 0.6) is 0 Å². The van der Waals surface area contributed by atoms with Gasteiger partial charge in [0.1, 0.15) is 11.7 Å². The average Bonchev–Trinajstić information content (AvgIpc) is 2.34. The van der Waals surface area contributed by atoms with E-state index in [1.54, 1.807) is 13.0 Å². The van der Waals surface area contributed by atoms with E-state index in [1.807, 2.05) is 30.3 Å². The molecule has 2 aromatic rings. The van der Waals surface area contributed by atoms with E-state index >= 15 is 0 Å². The van der Waals surface area contributed by atoms with Crippen LogP contribution in [0.4, 0.5) is 10.1 Å². The van der Waals surface area contributed by atoms with Crippen molar-refractivity contribution >= 4 is 11.5 Å². The Labute approximate surface area is 99.6 Å². The van der Waals surface area contributed by atoms with Crippen molar-refractivity contribution in [1.82, 2.24) is 0 Å². The van der Waals surface area contributed by atoms with Gasteiger partial charge in [-0.05, 0) is 30.7 Å². The summed E-state index contributed by atoms with van der Waals surface area (Å²) in [6.45, 7) is 1.81. The van der Waals surface area contributed by atoms with Crippen molar-refractivity contribution in [1.29, 1.82) is 0 Å². The van der Waals surface area contributed by atoms with Gasteiger partial charge in [-0.15, -0.1) is 0 Å². The SMILES string of the molecule is Cc1cc(F)ccc1N=C(N)c1ccccc1. The number of aliphatic imine (C=N–C) groups is 1. The largest absolute Gasteiger partial charge is 0.383 e. The highest BCUT2D eigenvalue weighted by Gasteiger charge is 2.01. The molecule has 0 radical (unpaired) electrons. The van der Waals surface area contributed by atoms with Gasteiger partial charge in [0.05, 0.1) is 5.69 Å². The number of amidine groups is 1. The Kier molecular flexibility index (Phi) is 3.19. The standard InChI is InChI=1S/C14H13FN2/c1-10-9-12(15)7-8-13(10)17-14(16)11-5-3-2-4-6-11/h2-9H,1H3,(H2,16,17). The summed E-state index contributed by atoms with van der Waals surface area (Å²) < 4.78 is 12.9. The molecule has 0 amide bonds. The van der Waals surface area contributed by atoms with Crippen LogP contribution in [-0.2, 0) is 0 Å².